The van der Waals surface area contributed by atoms with Gasteiger partial charge in [0.2, 0.25) is 5.91 Å². The molecule has 2 heterocycles. The van der Waals surface area contributed by atoms with Crippen molar-refractivity contribution in [3.8, 4) is 5.75 Å². The van der Waals surface area contributed by atoms with E-state index in [1.165, 1.54) is 12.5 Å². The minimum atomic E-state index is -0.248. The molecule has 1 aromatic carbocycles. The van der Waals surface area contributed by atoms with Gasteiger partial charge in [-0.05, 0) is 30.7 Å². The molecule has 1 fully saturated rings. The number of nitrogens with zero attached hydrogens (tertiary/aromatic N) is 2. The highest BCUT2D eigenvalue weighted by Crippen LogP contribution is 2.13. The van der Waals surface area contributed by atoms with Gasteiger partial charge in [-0.15, -0.1) is 0 Å². The number of methoxy groups -OCH3 is 1. The predicted molar refractivity (Wildman–Crippen MR) is 100 cm³/mol. The maximum absolute atomic E-state index is 12.5. The second-order valence-electron chi connectivity index (χ2n) is 6.59. The molecule has 1 unspecified atom stereocenters. The molecule has 0 saturated carbocycles. The number of hydrogen-bond acceptors (Lipinski definition) is 5. The van der Waals surface area contributed by atoms with Crippen molar-refractivity contribution in [1.82, 2.24) is 15.1 Å². The zero-order chi connectivity index (χ0) is 19.2. The van der Waals surface area contributed by atoms with Gasteiger partial charge in [0.25, 0.3) is 5.91 Å². The molecule has 3 rings (SSSR count). The summed E-state index contributed by atoms with van der Waals surface area (Å²) in [6, 6.07) is 9.06. The number of carbonyl (C=O) groups is 2. The standard InChI is InChI=1S/C20H25N3O4/c1-15(19(24)21-13-16-4-3-5-18(12-16)26-2)22-7-9-23(10-8-22)20(25)17-6-11-27-14-17/h3-6,11-12,14-15H,7-10,13H2,1-2H3,(H,21,24). The van der Waals surface area contributed by atoms with E-state index in [-0.39, 0.29) is 17.9 Å². The van der Waals surface area contributed by atoms with Crippen LogP contribution in [0.1, 0.15) is 22.8 Å². The number of piperazine rings is 1. The van der Waals surface area contributed by atoms with Crippen molar-refractivity contribution in [3.63, 3.8) is 0 Å². The van der Waals surface area contributed by atoms with Gasteiger partial charge in [-0.2, -0.15) is 0 Å². The second-order valence-corrected chi connectivity index (χ2v) is 6.59. The van der Waals surface area contributed by atoms with Crippen molar-refractivity contribution in [3.05, 3.63) is 54.0 Å². The topological polar surface area (TPSA) is 75.0 Å². The average Bonchev–Trinajstić information content (AvgIpc) is 3.26. The van der Waals surface area contributed by atoms with Crippen molar-refractivity contribution in [2.45, 2.75) is 19.5 Å². The Morgan fingerprint density at radius 1 is 1.22 bits per heavy atom. The summed E-state index contributed by atoms with van der Waals surface area (Å²) in [5, 5.41) is 2.97. The first kappa shape index (κ1) is 19.0. The molecular formula is C20H25N3O4. The molecule has 144 valence electrons. The molecule has 1 atom stereocenters. The van der Waals surface area contributed by atoms with E-state index >= 15 is 0 Å². The van der Waals surface area contributed by atoms with Crippen molar-refractivity contribution < 1.29 is 18.7 Å². The van der Waals surface area contributed by atoms with Gasteiger partial charge in [-0.25, -0.2) is 0 Å². The van der Waals surface area contributed by atoms with Crippen LogP contribution in [0.15, 0.2) is 47.3 Å². The largest absolute Gasteiger partial charge is 0.497 e. The van der Waals surface area contributed by atoms with Gasteiger partial charge in [-0.1, -0.05) is 12.1 Å². The van der Waals surface area contributed by atoms with Crippen molar-refractivity contribution in [2.24, 2.45) is 0 Å². The number of nitrogens with one attached hydrogen (secondary N) is 1. The summed E-state index contributed by atoms with van der Waals surface area (Å²) < 4.78 is 10.2. The summed E-state index contributed by atoms with van der Waals surface area (Å²) in [7, 11) is 1.62. The van der Waals surface area contributed by atoms with Gasteiger partial charge >= 0.3 is 0 Å². The van der Waals surface area contributed by atoms with Crippen LogP contribution in [0.2, 0.25) is 0 Å². The van der Waals surface area contributed by atoms with E-state index in [0.29, 0.717) is 38.3 Å². The molecular weight excluding hydrogens is 346 g/mol. The summed E-state index contributed by atoms with van der Waals surface area (Å²) in [5.74, 6) is 0.721. The van der Waals surface area contributed by atoms with E-state index in [2.05, 4.69) is 10.2 Å². The molecule has 1 aromatic heterocycles. The van der Waals surface area contributed by atoms with Crippen LogP contribution >= 0.6 is 0 Å². The van der Waals surface area contributed by atoms with Crippen LogP contribution in [0.5, 0.6) is 5.75 Å². The predicted octanol–water partition coefficient (Wildman–Crippen LogP) is 1.75. The van der Waals surface area contributed by atoms with E-state index in [4.69, 9.17) is 9.15 Å². The molecule has 1 aliphatic heterocycles. The average molecular weight is 371 g/mol. The molecule has 1 saturated heterocycles. The zero-order valence-corrected chi connectivity index (χ0v) is 15.7. The van der Waals surface area contributed by atoms with E-state index in [9.17, 15) is 9.59 Å². The van der Waals surface area contributed by atoms with Crippen LogP contribution in [-0.2, 0) is 11.3 Å². The van der Waals surface area contributed by atoms with E-state index < -0.39 is 0 Å². The molecule has 2 amide bonds. The van der Waals surface area contributed by atoms with Gasteiger partial charge in [0.15, 0.2) is 0 Å². The lowest BCUT2D eigenvalue weighted by molar-refractivity contribution is -0.126. The number of hydrogen-bond donors (Lipinski definition) is 1. The highest BCUT2D eigenvalue weighted by atomic mass is 16.5. The summed E-state index contributed by atoms with van der Waals surface area (Å²) in [6.07, 6.45) is 2.96. The van der Waals surface area contributed by atoms with Crippen LogP contribution in [0.3, 0.4) is 0 Å². The van der Waals surface area contributed by atoms with Crippen molar-refractivity contribution in [2.75, 3.05) is 33.3 Å². The number of benzene rings is 1. The molecule has 0 radical (unpaired) electrons. The fourth-order valence-corrected chi connectivity index (χ4v) is 3.17. The Hall–Kier alpha value is -2.80. The Labute approximate surface area is 158 Å². The number of carbonyl (C=O) groups excluding carboxylic acids is 2. The van der Waals surface area contributed by atoms with Crippen LogP contribution in [0, 0.1) is 0 Å². The molecule has 0 aliphatic carbocycles. The fourth-order valence-electron chi connectivity index (χ4n) is 3.17. The SMILES string of the molecule is COc1cccc(CNC(=O)C(C)N2CCN(C(=O)c3ccoc3)CC2)c1. The lowest BCUT2D eigenvalue weighted by atomic mass is 10.1. The molecule has 0 bridgehead atoms. The number of rotatable bonds is 6. The maximum atomic E-state index is 12.5. The summed E-state index contributed by atoms with van der Waals surface area (Å²) in [6.45, 7) is 4.87. The Kier molecular flexibility index (Phi) is 6.13. The molecule has 7 heteroatoms. The van der Waals surface area contributed by atoms with E-state index in [0.717, 1.165) is 11.3 Å². The minimum Gasteiger partial charge on any atom is -0.497 e. The third-order valence-electron chi connectivity index (χ3n) is 4.90. The zero-order valence-electron chi connectivity index (χ0n) is 15.7. The lowest BCUT2D eigenvalue weighted by Gasteiger charge is -2.37. The number of ether oxygens (including phenoxy) is 1. The second kappa shape index (κ2) is 8.73. The third kappa shape index (κ3) is 4.68. The van der Waals surface area contributed by atoms with Gasteiger partial charge in [0.1, 0.15) is 12.0 Å². The monoisotopic (exact) mass is 371 g/mol. The van der Waals surface area contributed by atoms with Gasteiger partial charge in [0, 0.05) is 32.7 Å². The quantitative estimate of drug-likeness (QED) is 0.837. The summed E-state index contributed by atoms with van der Waals surface area (Å²) >= 11 is 0. The first-order valence-electron chi connectivity index (χ1n) is 9.04. The Morgan fingerprint density at radius 3 is 2.67 bits per heavy atom. The smallest absolute Gasteiger partial charge is 0.257 e. The Balaban J connectivity index is 1.47. The summed E-state index contributed by atoms with van der Waals surface area (Å²) in [5.41, 5.74) is 1.55. The molecule has 2 aromatic rings. The molecule has 0 spiro atoms. The van der Waals surface area contributed by atoms with Crippen molar-refractivity contribution >= 4 is 11.8 Å². The van der Waals surface area contributed by atoms with Gasteiger partial charge in [-0.3, -0.25) is 14.5 Å². The number of furan rings is 1. The molecule has 1 aliphatic rings. The van der Waals surface area contributed by atoms with Crippen LogP contribution in [0.4, 0.5) is 0 Å². The fraction of sp³-hybridized carbons (Fsp3) is 0.400. The van der Waals surface area contributed by atoms with Crippen LogP contribution in [0.25, 0.3) is 0 Å². The Morgan fingerprint density at radius 2 is 2.00 bits per heavy atom. The highest BCUT2D eigenvalue weighted by molar-refractivity contribution is 5.93. The molecule has 7 nitrogen and oxygen atoms in total. The highest BCUT2D eigenvalue weighted by Gasteiger charge is 2.28. The summed E-state index contributed by atoms with van der Waals surface area (Å²) in [4.78, 5) is 28.7. The normalized spacial score (nSPS) is 16.0. The molecule has 27 heavy (non-hydrogen) atoms. The van der Waals surface area contributed by atoms with E-state index in [1.54, 1.807) is 18.1 Å². The minimum absolute atomic E-state index is 0.0209. The van der Waals surface area contributed by atoms with Crippen LogP contribution < -0.4 is 10.1 Å². The maximum Gasteiger partial charge on any atom is 0.257 e. The van der Waals surface area contributed by atoms with Gasteiger partial charge < -0.3 is 19.4 Å². The van der Waals surface area contributed by atoms with Gasteiger partial charge in [0.05, 0.1) is 25.0 Å². The van der Waals surface area contributed by atoms with Crippen LogP contribution in [-0.4, -0.2) is 60.9 Å². The lowest BCUT2D eigenvalue weighted by Crippen LogP contribution is -2.54. The van der Waals surface area contributed by atoms with Crippen molar-refractivity contribution in [1.29, 1.82) is 0 Å². The third-order valence-corrected chi connectivity index (χ3v) is 4.90. The Bertz CT molecular complexity index is 767. The molecule has 1 N–H and O–H groups in total. The van der Waals surface area contributed by atoms with E-state index in [1.807, 2.05) is 31.2 Å². The number of amides is 2. The first-order valence-corrected chi connectivity index (χ1v) is 9.04. The first-order chi connectivity index (χ1) is 13.1.